The highest BCUT2D eigenvalue weighted by molar-refractivity contribution is 5.46. The Morgan fingerprint density at radius 1 is 1.42 bits per heavy atom. The van der Waals surface area contributed by atoms with Gasteiger partial charge in [0.1, 0.15) is 5.75 Å². The summed E-state index contributed by atoms with van der Waals surface area (Å²) in [5.41, 5.74) is 2.31. The summed E-state index contributed by atoms with van der Waals surface area (Å²) in [5.74, 6) is 1.06. The molecule has 1 aliphatic heterocycles. The summed E-state index contributed by atoms with van der Waals surface area (Å²) < 4.78 is 11.9. The van der Waals surface area contributed by atoms with Crippen molar-refractivity contribution >= 4 is 0 Å². The van der Waals surface area contributed by atoms with Gasteiger partial charge >= 0.3 is 0 Å². The zero-order valence-electron chi connectivity index (χ0n) is 12.5. The zero-order chi connectivity index (χ0) is 13.9. The third kappa shape index (κ3) is 2.63. The maximum absolute atomic E-state index is 6.03. The van der Waals surface area contributed by atoms with E-state index in [1.165, 1.54) is 11.1 Å². The maximum atomic E-state index is 6.03. The molecular weight excluding hydrogens is 238 g/mol. The third-order valence-corrected chi connectivity index (χ3v) is 4.13. The van der Waals surface area contributed by atoms with Crippen LogP contribution in [0.3, 0.4) is 0 Å². The Balaban J connectivity index is 2.39. The van der Waals surface area contributed by atoms with Gasteiger partial charge in [0.15, 0.2) is 0 Å². The number of nitrogens with one attached hydrogen (secondary N) is 1. The molecule has 1 aliphatic rings. The largest absolute Gasteiger partial charge is 0.493 e. The van der Waals surface area contributed by atoms with E-state index >= 15 is 0 Å². The van der Waals surface area contributed by atoms with Gasteiger partial charge in [0.2, 0.25) is 0 Å². The molecule has 0 radical (unpaired) electrons. The van der Waals surface area contributed by atoms with Crippen LogP contribution in [0.15, 0.2) is 18.2 Å². The van der Waals surface area contributed by atoms with Crippen molar-refractivity contribution < 1.29 is 9.47 Å². The number of rotatable bonds is 6. The lowest BCUT2D eigenvalue weighted by molar-refractivity contribution is -0.0551. The highest BCUT2D eigenvalue weighted by Crippen LogP contribution is 2.40. The Kier molecular flexibility index (Phi) is 4.48. The Labute approximate surface area is 116 Å². The smallest absolute Gasteiger partial charge is 0.127 e. The van der Waals surface area contributed by atoms with E-state index in [2.05, 4.69) is 37.4 Å². The second-order valence-electron chi connectivity index (χ2n) is 5.25. The quantitative estimate of drug-likeness (QED) is 0.855. The van der Waals surface area contributed by atoms with Crippen LogP contribution in [0.4, 0.5) is 0 Å². The molecule has 106 valence electrons. The zero-order valence-corrected chi connectivity index (χ0v) is 12.5. The van der Waals surface area contributed by atoms with Crippen LogP contribution < -0.4 is 10.1 Å². The number of benzene rings is 1. The monoisotopic (exact) mass is 263 g/mol. The van der Waals surface area contributed by atoms with E-state index in [0.29, 0.717) is 0 Å². The number of ether oxygens (including phenoxy) is 2. The first-order valence-corrected chi connectivity index (χ1v) is 7.22. The minimum Gasteiger partial charge on any atom is -0.493 e. The molecular formula is C16H25NO2. The molecule has 0 fully saturated rings. The van der Waals surface area contributed by atoms with Gasteiger partial charge in [-0.25, -0.2) is 0 Å². The van der Waals surface area contributed by atoms with Gasteiger partial charge in [-0.3, -0.25) is 0 Å². The van der Waals surface area contributed by atoms with E-state index in [-0.39, 0.29) is 11.6 Å². The second-order valence-corrected chi connectivity index (χ2v) is 5.25. The van der Waals surface area contributed by atoms with Crippen molar-refractivity contribution in [2.45, 2.75) is 45.3 Å². The average molecular weight is 263 g/mol. The molecule has 0 bridgehead atoms. The van der Waals surface area contributed by atoms with E-state index < -0.39 is 0 Å². The number of fused-ring (bicyclic) bond motifs is 1. The number of para-hydroxylation sites is 1. The van der Waals surface area contributed by atoms with Crippen molar-refractivity contribution in [3.63, 3.8) is 0 Å². The molecule has 1 N–H and O–H groups in total. The molecule has 3 heteroatoms. The fourth-order valence-corrected chi connectivity index (χ4v) is 2.98. The molecule has 2 atom stereocenters. The van der Waals surface area contributed by atoms with Gasteiger partial charge in [0.25, 0.3) is 0 Å². The average Bonchev–Trinajstić information content (AvgIpc) is 2.89. The summed E-state index contributed by atoms with van der Waals surface area (Å²) in [7, 11) is 1.99. The van der Waals surface area contributed by atoms with Gasteiger partial charge in [-0.15, -0.1) is 0 Å². The molecule has 1 aromatic rings. The molecule has 2 unspecified atom stereocenters. The fraction of sp³-hybridized carbons (Fsp3) is 0.625. The molecule has 0 aliphatic carbocycles. The lowest BCUT2D eigenvalue weighted by atomic mass is 9.86. The van der Waals surface area contributed by atoms with Crippen LogP contribution >= 0.6 is 0 Å². The first kappa shape index (κ1) is 14.4. The number of hydrogen-bond acceptors (Lipinski definition) is 3. The minimum atomic E-state index is -0.218. The molecule has 0 aromatic heterocycles. The Morgan fingerprint density at radius 2 is 2.21 bits per heavy atom. The molecule has 19 heavy (non-hydrogen) atoms. The van der Waals surface area contributed by atoms with Crippen molar-refractivity contribution in [2.24, 2.45) is 0 Å². The Bertz CT molecular complexity index is 433. The first-order chi connectivity index (χ1) is 9.16. The Hall–Kier alpha value is -1.06. The van der Waals surface area contributed by atoms with Gasteiger partial charge in [-0.2, -0.15) is 0 Å². The van der Waals surface area contributed by atoms with Gasteiger partial charge < -0.3 is 14.8 Å². The highest BCUT2D eigenvalue weighted by Gasteiger charge is 2.36. The summed E-state index contributed by atoms with van der Waals surface area (Å²) in [6.45, 7) is 7.90. The maximum Gasteiger partial charge on any atom is 0.127 e. The number of likely N-dealkylation sites (N-methyl/N-ethyl adjacent to an activating group) is 1. The van der Waals surface area contributed by atoms with E-state index in [4.69, 9.17) is 9.47 Å². The summed E-state index contributed by atoms with van der Waals surface area (Å²) in [6.07, 6.45) is 1.97. The lowest BCUT2D eigenvalue weighted by Gasteiger charge is -2.37. The van der Waals surface area contributed by atoms with Crippen LogP contribution in [0, 0.1) is 0 Å². The Morgan fingerprint density at radius 3 is 2.84 bits per heavy atom. The normalized spacial score (nSPS) is 18.5. The van der Waals surface area contributed by atoms with Gasteiger partial charge in [0.05, 0.1) is 18.2 Å². The van der Waals surface area contributed by atoms with Crippen molar-refractivity contribution in [1.29, 1.82) is 0 Å². The van der Waals surface area contributed by atoms with Crippen molar-refractivity contribution in [3.05, 3.63) is 29.3 Å². The van der Waals surface area contributed by atoms with Crippen LogP contribution in [0.2, 0.25) is 0 Å². The topological polar surface area (TPSA) is 30.5 Å². The molecule has 0 spiro atoms. The molecule has 3 nitrogen and oxygen atoms in total. The first-order valence-electron chi connectivity index (χ1n) is 7.22. The molecule has 1 heterocycles. The predicted octanol–water partition coefficient (Wildman–Crippen LogP) is 3.09. The van der Waals surface area contributed by atoms with E-state index in [0.717, 1.165) is 31.8 Å². The highest BCUT2D eigenvalue weighted by atomic mass is 16.5. The van der Waals surface area contributed by atoms with Crippen molar-refractivity contribution in [3.8, 4) is 5.75 Å². The van der Waals surface area contributed by atoms with Gasteiger partial charge in [0, 0.05) is 18.6 Å². The molecule has 0 saturated carbocycles. The molecule has 0 saturated heterocycles. The van der Waals surface area contributed by atoms with Crippen LogP contribution in [-0.4, -0.2) is 25.9 Å². The molecule has 1 aromatic carbocycles. The van der Waals surface area contributed by atoms with Crippen LogP contribution in [0.25, 0.3) is 0 Å². The minimum absolute atomic E-state index is 0.144. The number of hydrogen-bond donors (Lipinski definition) is 1. The fourth-order valence-electron chi connectivity index (χ4n) is 2.98. The van der Waals surface area contributed by atoms with E-state index in [9.17, 15) is 0 Å². The summed E-state index contributed by atoms with van der Waals surface area (Å²) in [6, 6.07) is 6.57. The van der Waals surface area contributed by atoms with Crippen molar-refractivity contribution in [1.82, 2.24) is 5.32 Å². The second kappa shape index (κ2) is 5.93. The van der Waals surface area contributed by atoms with Crippen LogP contribution in [0.1, 0.15) is 44.4 Å². The van der Waals surface area contributed by atoms with Gasteiger partial charge in [-0.05, 0) is 32.9 Å². The van der Waals surface area contributed by atoms with Crippen LogP contribution in [0.5, 0.6) is 5.75 Å². The van der Waals surface area contributed by atoms with Gasteiger partial charge in [-0.1, -0.05) is 25.1 Å². The molecule has 0 amide bonds. The van der Waals surface area contributed by atoms with E-state index in [1.807, 2.05) is 14.0 Å². The SMILES string of the molecule is CCOC(C)(CC)C(NC)c1cccc2c1OCC2. The predicted molar refractivity (Wildman–Crippen MR) is 77.8 cm³/mol. The van der Waals surface area contributed by atoms with Crippen LogP contribution in [-0.2, 0) is 11.2 Å². The van der Waals surface area contributed by atoms with E-state index in [1.54, 1.807) is 0 Å². The summed E-state index contributed by atoms with van der Waals surface area (Å²) in [4.78, 5) is 0. The molecule has 2 rings (SSSR count). The van der Waals surface area contributed by atoms with Crippen molar-refractivity contribution in [2.75, 3.05) is 20.3 Å². The lowest BCUT2D eigenvalue weighted by Crippen LogP contribution is -2.42. The third-order valence-electron chi connectivity index (χ3n) is 4.13. The summed E-state index contributed by atoms with van der Waals surface area (Å²) >= 11 is 0. The summed E-state index contributed by atoms with van der Waals surface area (Å²) in [5, 5.41) is 3.42. The standard InChI is InChI=1S/C16H25NO2/c1-5-16(3,19-6-2)15(17-4)13-9-7-8-12-10-11-18-14(12)13/h7-9,15,17H,5-6,10-11H2,1-4H3.